The molecule has 0 saturated heterocycles. The normalized spacial score (nSPS) is 21.6. The summed E-state index contributed by atoms with van der Waals surface area (Å²) in [6.07, 6.45) is 15.5. The van der Waals surface area contributed by atoms with Crippen molar-refractivity contribution in [1.82, 2.24) is 0 Å². The van der Waals surface area contributed by atoms with Gasteiger partial charge in [0.2, 0.25) is 0 Å². The molecule has 2 aliphatic carbocycles. The molecule has 0 radical (unpaired) electrons. The first kappa shape index (κ1) is 14.9. The van der Waals surface area contributed by atoms with Crippen LogP contribution in [0.25, 0.3) is 6.08 Å². The number of allylic oxidation sites excluding steroid dienone is 1. The molecule has 0 fully saturated rings. The number of unbranched alkanes of at least 4 members (excludes halogenated alkanes) is 2. The maximum Gasteiger partial charge on any atom is 0.00273 e. The van der Waals surface area contributed by atoms with E-state index in [1.54, 1.807) is 16.7 Å². The van der Waals surface area contributed by atoms with E-state index in [-0.39, 0.29) is 0 Å². The van der Waals surface area contributed by atoms with Crippen LogP contribution in [-0.2, 0) is 12.8 Å². The van der Waals surface area contributed by atoms with Crippen LogP contribution in [-0.4, -0.2) is 0 Å². The third-order valence-corrected chi connectivity index (χ3v) is 6.06. The van der Waals surface area contributed by atoms with E-state index in [1.807, 2.05) is 0 Å². The second kappa shape index (κ2) is 5.99. The Balaban J connectivity index is 1.81. The maximum absolute atomic E-state index is 2.56. The zero-order valence-electron chi connectivity index (χ0n) is 14.0. The topological polar surface area (TPSA) is 0 Å². The van der Waals surface area contributed by atoms with Crippen LogP contribution in [0, 0.1) is 5.41 Å². The van der Waals surface area contributed by atoms with Gasteiger partial charge in [0.05, 0.1) is 0 Å². The molecular formula is C21H30. The number of hydrogen-bond donors (Lipinski definition) is 0. The lowest BCUT2D eigenvalue weighted by atomic mass is 9.80. The van der Waals surface area contributed by atoms with Gasteiger partial charge >= 0.3 is 0 Å². The molecule has 0 bridgehead atoms. The Hall–Kier alpha value is -1.04. The quantitative estimate of drug-likeness (QED) is 0.538. The molecule has 1 aromatic carbocycles. The van der Waals surface area contributed by atoms with Gasteiger partial charge in [0.25, 0.3) is 0 Å². The Morgan fingerprint density at radius 1 is 1.00 bits per heavy atom. The summed E-state index contributed by atoms with van der Waals surface area (Å²) >= 11 is 0. The van der Waals surface area contributed by atoms with E-state index in [4.69, 9.17) is 0 Å². The molecule has 1 aromatic rings. The van der Waals surface area contributed by atoms with Crippen LogP contribution >= 0.6 is 0 Å². The molecule has 0 aliphatic heterocycles. The Morgan fingerprint density at radius 2 is 1.71 bits per heavy atom. The highest BCUT2D eigenvalue weighted by atomic mass is 14.4. The predicted octanol–water partition coefficient (Wildman–Crippen LogP) is 6.28. The first-order valence-electron chi connectivity index (χ1n) is 9.05. The van der Waals surface area contributed by atoms with Crippen molar-refractivity contribution < 1.29 is 0 Å². The fourth-order valence-corrected chi connectivity index (χ4v) is 4.33. The third kappa shape index (κ3) is 2.70. The van der Waals surface area contributed by atoms with Gasteiger partial charge in [-0.1, -0.05) is 64.3 Å². The number of fused-ring (bicyclic) bond motifs is 2. The SMILES string of the molecule is CCCCCC1C=Cc2cc3c(cc21)CC(CC)(CC)C3. The zero-order valence-corrected chi connectivity index (χ0v) is 14.0. The molecule has 0 N–H and O–H groups in total. The first-order valence-corrected chi connectivity index (χ1v) is 9.05. The van der Waals surface area contributed by atoms with E-state index >= 15 is 0 Å². The van der Waals surface area contributed by atoms with Crippen molar-refractivity contribution in [2.45, 2.75) is 78.1 Å². The van der Waals surface area contributed by atoms with Gasteiger partial charge in [0.15, 0.2) is 0 Å². The highest BCUT2D eigenvalue weighted by Crippen LogP contribution is 2.45. The molecule has 21 heavy (non-hydrogen) atoms. The lowest BCUT2D eigenvalue weighted by molar-refractivity contribution is 0.280. The molecule has 0 saturated carbocycles. The van der Waals surface area contributed by atoms with Crippen molar-refractivity contribution in [3.8, 4) is 0 Å². The lowest BCUT2D eigenvalue weighted by Crippen LogP contribution is -2.18. The van der Waals surface area contributed by atoms with Gasteiger partial charge in [0, 0.05) is 5.92 Å². The monoisotopic (exact) mass is 282 g/mol. The van der Waals surface area contributed by atoms with Crippen LogP contribution in [0.1, 0.15) is 87.5 Å². The van der Waals surface area contributed by atoms with Crippen LogP contribution in [0.2, 0.25) is 0 Å². The summed E-state index contributed by atoms with van der Waals surface area (Å²) in [6.45, 7) is 7.04. The van der Waals surface area contributed by atoms with Gasteiger partial charge in [-0.25, -0.2) is 0 Å². The van der Waals surface area contributed by atoms with E-state index in [1.165, 1.54) is 56.9 Å². The first-order chi connectivity index (χ1) is 10.2. The van der Waals surface area contributed by atoms with Gasteiger partial charge in [-0.3, -0.25) is 0 Å². The minimum Gasteiger partial charge on any atom is -0.0764 e. The maximum atomic E-state index is 2.56. The van der Waals surface area contributed by atoms with E-state index in [0.717, 1.165) is 0 Å². The summed E-state index contributed by atoms with van der Waals surface area (Å²) < 4.78 is 0. The van der Waals surface area contributed by atoms with Crippen molar-refractivity contribution in [2.75, 3.05) is 0 Å². The third-order valence-electron chi connectivity index (χ3n) is 6.06. The van der Waals surface area contributed by atoms with Crippen LogP contribution in [0.3, 0.4) is 0 Å². The van der Waals surface area contributed by atoms with Gasteiger partial charge in [-0.2, -0.15) is 0 Å². The van der Waals surface area contributed by atoms with E-state index < -0.39 is 0 Å². The smallest absolute Gasteiger partial charge is 0.00273 e. The predicted molar refractivity (Wildman–Crippen MR) is 92.8 cm³/mol. The zero-order chi connectivity index (χ0) is 14.9. The summed E-state index contributed by atoms with van der Waals surface area (Å²) in [6, 6.07) is 5.07. The number of benzene rings is 1. The van der Waals surface area contributed by atoms with Gasteiger partial charge in [-0.15, -0.1) is 0 Å². The standard InChI is InChI=1S/C21H30/c1-4-7-8-9-16-10-11-17-12-18-14-21(5-2,6-3)15-19(18)13-20(16)17/h10-13,16H,4-9,14-15H2,1-3H3. The molecule has 1 atom stereocenters. The molecule has 0 spiro atoms. The second-order valence-electron chi connectivity index (χ2n) is 7.27. The molecule has 3 rings (SSSR count). The van der Waals surface area contributed by atoms with Gasteiger partial charge < -0.3 is 0 Å². The Labute approximate surface area is 130 Å². The lowest BCUT2D eigenvalue weighted by Gasteiger charge is -2.25. The number of rotatable bonds is 6. The molecule has 0 aromatic heterocycles. The Bertz CT molecular complexity index is 531. The average molecular weight is 282 g/mol. The van der Waals surface area contributed by atoms with E-state index in [2.05, 4.69) is 45.1 Å². The van der Waals surface area contributed by atoms with Crippen molar-refractivity contribution in [1.29, 1.82) is 0 Å². The Morgan fingerprint density at radius 3 is 2.38 bits per heavy atom. The molecular weight excluding hydrogens is 252 g/mol. The highest BCUT2D eigenvalue weighted by Gasteiger charge is 2.35. The number of hydrogen-bond acceptors (Lipinski definition) is 0. The summed E-state index contributed by atoms with van der Waals surface area (Å²) in [7, 11) is 0. The molecule has 1 unspecified atom stereocenters. The van der Waals surface area contributed by atoms with Crippen LogP contribution < -0.4 is 0 Å². The van der Waals surface area contributed by atoms with Crippen molar-refractivity contribution in [3.63, 3.8) is 0 Å². The fraction of sp³-hybridized carbons (Fsp3) is 0.619. The summed E-state index contributed by atoms with van der Waals surface area (Å²) in [5, 5.41) is 0. The second-order valence-corrected chi connectivity index (χ2v) is 7.27. The molecule has 0 heterocycles. The molecule has 0 amide bonds. The molecule has 114 valence electrons. The van der Waals surface area contributed by atoms with Crippen molar-refractivity contribution in [2.24, 2.45) is 5.41 Å². The summed E-state index contributed by atoms with van der Waals surface area (Å²) in [5.74, 6) is 0.690. The van der Waals surface area contributed by atoms with Gasteiger partial charge in [0.1, 0.15) is 0 Å². The van der Waals surface area contributed by atoms with Crippen LogP contribution in [0.5, 0.6) is 0 Å². The molecule has 0 heteroatoms. The highest BCUT2D eigenvalue weighted by molar-refractivity contribution is 5.65. The summed E-state index contributed by atoms with van der Waals surface area (Å²) in [4.78, 5) is 0. The van der Waals surface area contributed by atoms with Crippen molar-refractivity contribution >= 4 is 6.08 Å². The minimum absolute atomic E-state index is 0.554. The fourth-order valence-electron chi connectivity index (χ4n) is 4.33. The van der Waals surface area contributed by atoms with Crippen LogP contribution in [0.4, 0.5) is 0 Å². The van der Waals surface area contributed by atoms with Crippen LogP contribution in [0.15, 0.2) is 18.2 Å². The average Bonchev–Trinajstić information content (AvgIpc) is 3.06. The van der Waals surface area contributed by atoms with Crippen molar-refractivity contribution in [3.05, 3.63) is 40.5 Å². The summed E-state index contributed by atoms with van der Waals surface area (Å²) in [5.41, 5.74) is 6.97. The molecule has 0 nitrogen and oxygen atoms in total. The Kier molecular flexibility index (Phi) is 4.24. The molecule has 2 aliphatic rings. The largest absolute Gasteiger partial charge is 0.0764 e. The van der Waals surface area contributed by atoms with E-state index in [0.29, 0.717) is 11.3 Å². The minimum atomic E-state index is 0.554. The van der Waals surface area contributed by atoms with Gasteiger partial charge in [-0.05, 0) is 59.8 Å². The van der Waals surface area contributed by atoms with E-state index in [9.17, 15) is 0 Å².